The van der Waals surface area contributed by atoms with Crippen molar-refractivity contribution in [2.24, 2.45) is 5.92 Å². The van der Waals surface area contributed by atoms with Crippen LogP contribution >= 0.6 is 0 Å². The van der Waals surface area contributed by atoms with Crippen LogP contribution in [0.15, 0.2) is 62.3 Å². The molecule has 0 fully saturated rings. The van der Waals surface area contributed by atoms with Crippen LogP contribution < -0.4 is 4.72 Å². The molecule has 0 aliphatic rings. The van der Waals surface area contributed by atoms with Gasteiger partial charge >= 0.3 is 5.97 Å². The third-order valence-electron chi connectivity index (χ3n) is 5.60. The molecular formula is C25H27NO6S. The van der Waals surface area contributed by atoms with Crippen molar-refractivity contribution in [3.63, 3.8) is 0 Å². The zero-order chi connectivity index (χ0) is 24.1. The molecular weight excluding hydrogens is 442 g/mol. The summed E-state index contributed by atoms with van der Waals surface area (Å²) in [5, 5.41) is 10.7. The molecule has 2 N–H and O–H groups in total. The van der Waals surface area contributed by atoms with E-state index < -0.39 is 28.0 Å². The fourth-order valence-corrected chi connectivity index (χ4v) is 5.04. The molecule has 33 heavy (non-hydrogen) atoms. The van der Waals surface area contributed by atoms with Crippen molar-refractivity contribution in [3.05, 3.63) is 54.3 Å². The molecule has 0 radical (unpaired) electrons. The van der Waals surface area contributed by atoms with Crippen LogP contribution in [0, 0.1) is 5.92 Å². The highest BCUT2D eigenvalue weighted by Gasteiger charge is 2.28. The first-order valence-electron chi connectivity index (χ1n) is 10.7. The minimum atomic E-state index is -4.04. The Morgan fingerprint density at radius 3 is 2.27 bits per heavy atom. The van der Waals surface area contributed by atoms with Gasteiger partial charge in [-0.1, -0.05) is 40.7 Å². The van der Waals surface area contributed by atoms with Crippen LogP contribution in [0.4, 0.5) is 0 Å². The van der Waals surface area contributed by atoms with Crippen molar-refractivity contribution in [2.45, 2.75) is 51.0 Å². The molecule has 2 aromatic heterocycles. The van der Waals surface area contributed by atoms with E-state index in [1.165, 1.54) is 12.1 Å². The predicted molar refractivity (Wildman–Crippen MR) is 127 cm³/mol. The summed E-state index contributed by atoms with van der Waals surface area (Å²) in [7, 11) is -4.04. The Kier molecular flexibility index (Phi) is 5.62. The van der Waals surface area contributed by atoms with Gasteiger partial charge in [-0.05, 0) is 48.4 Å². The summed E-state index contributed by atoms with van der Waals surface area (Å²) in [6, 6.07) is 12.8. The molecule has 4 rings (SSSR count). The maximum absolute atomic E-state index is 12.9. The number of furan rings is 2. The summed E-state index contributed by atoms with van der Waals surface area (Å²) in [5.41, 5.74) is 1.89. The Morgan fingerprint density at radius 2 is 1.67 bits per heavy atom. The standard InChI is InChI=1S/C25H27NO6S/c1-14(2)23(24(27)28)26-33(29,30)16-7-9-20-18(13-16)17-8-6-15(12-21(17)31-20)19-10-11-22(32-19)25(3,4)5/h6-14,23,26H,1-5H3,(H,27,28)/t23-/m0/s1. The van der Waals surface area contributed by atoms with Gasteiger partial charge in [0.1, 0.15) is 28.7 Å². The molecule has 0 aliphatic carbocycles. The first kappa shape index (κ1) is 23.1. The number of rotatable bonds is 6. The molecule has 0 saturated heterocycles. The van der Waals surface area contributed by atoms with Crippen molar-refractivity contribution < 1.29 is 27.2 Å². The maximum atomic E-state index is 12.9. The lowest BCUT2D eigenvalue weighted by Gasteiger charge is -2.17. The smallest absolute Gasteiger partial charge is 0.322 e. The van der Waals surface area contributed by atoms with E-state index in [0.29, 0.717) is 16.6 Å². The van der Waals surface area contributed by atoms with E-state index in [-0.39, 0.29) is 10.3 Å². The van der Waals surface area contributed by atoms with Gasteiger partial charge in [0.2, 0.25) is 10.0 Å². The van der Waals surface area contributed by atoms with Crippen LogP contribution in [0.5, 0.6) is 0 Å². The van der Waals surface area contributed by atoms with Crippen LogP contribution in [-0.2, 0) is 20.2 Å². The summed E-state index contributed by atoms with van der Waals surface area (Å²) < 4.78 is 40.0. The Labute approximate surface area is 192 Å². The molecule has 1 atom stereocenters. The van der Waals surface area contributed by atoms with Crippen molar-refractivity contribution >= 4 is 37.9 Å². The van der Waals surface area contributed by atoms with E-state index in [9.17, 15) is 18.3 Å². The van der Waals surface area contributed by atoms with Gasteiger partial charge in [0.15, 0.2) is 0 Å². The molecule has 2 aromatic carbocycles. The summed E-state index contributed by atoms with van der Waals surface area (Å²) >= 11 is 0. The lowest BCUT2D eigenvalue weighted by atomic mass is 9.94. The van der Waals surface area contributed by atoms with Crippen molar-refractivity contribution in [2.75, 3.05) is 0 Å². The molecule has 8 heteroatoms. The van der Waals surface area contributed by atoms with Crippen molar-refractivity contribution in [1.29, 1.82) is 0 Å². The van der Waals surface area contributed by atoms with Gasteiger partial charge in [-0.3, -0.25) is 4.79 Å². The minimum absolute atomic E-state index is 0.0190. The highest BCUT2D eigenvalue weighted by atomic mass is 32.2. The Balaban J connectivity index is 1.73. The van der Waals surface area contributed by atoms with Gasteiger partial charge in [-0.15, -0.1) is 0 Å². The third kappa shape index (κ3) is 4.41. The second-order valence-electron chi connectivity index (χ2n) is 9.57. The number of hydrogen-bond acceptors (Lipinski definition) is 5. The van der Waals surface area contributed by atoms with Gasteiger partial charge in [0.05, 0.1) is 4.90 Å². The van der Waals surface area contributed by atoms with Crippen molar-refractivity contribution in [1.82, 2.24) is 4.72 Å². The van der Waals surface area contributed by atoms with E-state index >= 15 is 0 Å². The molecule has 0 unspecified atom stereocenters. The first-order chi connectivity index (χ1) is 15.4. The van der Waals surface area contributed by atoms with Gasteiger partial charge < -0.3 is 13.9 Å². The van der Waals surface area contributed by atoms with Gasteiger partial charge in [-0.2, -0.15) is 4.72 Å². The fraction of sp³-hybridized carbons (Fsp3) is 0.320. The molecule has 4 aromatic rings. The number of carboxylic acids is 1. The predicted octanol–water partition coefficient (Wildman–Crippen LogP) is 5.53. The normalized spacial score (nSPS) is 13.8. The summed E-state index contributed by atoms with van der Waals surface area (Å²) in [6.45, 7) is 9.54. The molecule has 0 saturated carbocycles. The largest absolute Gasteiger partial charge is 0.480 e. The minimum Gasteiger partial charge on any atom is -0.480 e. The Morgan fingerprint density at radius 1 is 0.939 bits per heavy atom. The third-order valence-corrected chi connectivity index (χ3v) is 7.04. The number of nitrogens with one attached hydrogen (secondary N) is 1. The van der Waals surface area contributed by atoms with E-state index in [2.05, 4.69) is 25.5 Å². The number of aliphatic carboxylic acids is 1. The summed E-state index contributed by atoms with van der Waals surface area (Å²) in [4.78, 5) is 11.4. The number of sulfonamides is 1. The second-order valence-corrected chi connectivity index (χ2v) is 11.3. The Hall–Kier alpha value is -3.10. The topological polar surface area (TPSA) is 110 Å². The molecule has 0 bridgehead atoms. The molecule has 0 aliphatic heterocycles. The molecule has 174 valence electrons. The molecule has 7 nitrogen and oxygen atoms in total. The molecule has 0 spiro atoms. The highest BCUT2D eigenvalue weighted by molar-refractivity contribution is 7.89. The highest BCUT2D eigenvalue weighted by Crippen LogP contribution is 2.35. The zero-order valence-corrected chi connectivity index (χ0v) is 20.0. The monoisotopic (exact) mass is 469 g/mol. The van der Waals surface area contributed by atoms with Crippen molar-refractivity contribution in [3.8, 4) is 11.3 Å². The van der Waals surface area contributed by atoms with Gasteiger partial charge in [0.25, 0.3) is 0 Å². The number of carbonyl (C=O) groups is 1. The average molecular weight is 470 g/mol. The van der Waals surface area contributed by atoms with E-state index in [1.54, 1.807) is 19.9 Å². The SMILES string of the molecule is CC(C)[C@H](NS(=O)(=O)c1ccc2oc3cc(-c4ccc(C(C)(C)C)o4)ccc3c2c1)C(=O)O. The fourth-order valence-electron chi connectivity index (χ4n) is 3.68. The lowest BCUT2D eigenvalue weighted by molar-refractivity contribution is -0.140. The van der Waals surface area contributed by atoms with Crippen LogP contribution in [0.3, 0.4) is 0 Å². The van der Waals surface area contributed by atoms with E-state index in [0.717, 1.165) is 22.5 Å². The number of hydrogen-bond donors (Lipinski definition) is 2. The number of fused-ring (bicyclic) bond motifs is 3. The lowest BCUT2D eigenvalue weighted by Crippen LogP contribution is -2.44. The summed E-state index contributed by atoms with van der Waals surface area (Å²) in [6.07, 6.45) is 0. The van der Waals surface area contributed by atoms with Crippen LogP contribution in [0.25, 0.3) is 33.3 Å². The van der Waals surface area contributed by atoms with Gasteiger partial charge in [-0.25, -0.2) is 8.42 Å². The second kappa shape index (κ2) is 8.04. The van der Waals surface area contributed by atoms with Crippen LogP contribution in [-0.4, -0.2) is 25.5 Å². The van der Waals surface area contributed by atoms with Gasteiger partial charge in [0, 0.05) is 21.8 Å². The number of carboxylic acid groups (broad SMARTS) is 1. The van der Waals surface area contributed by atoms with E-state index in [4.69, 9.17) is 8.83 Å². The van der Waals surface area contributed by atoms with E-state index in [1.807, 2.05) is 30.3 Å². The molecule has 2 heterocycles. The summed E-state index contributed by atoms with van der Waals surface area (Å²) in [5.74, 6) is -0.0215. The quantitative estimate of drug-likeness (QED) is 0.384. The zero-order valence-electron chi connectivity index (χ0n) is 19.2. The Bertz CT molecular complexity index is 1450. The first-order valence-corrected chi connectivity index (χ1v) is 12.2. The maximum Gasteiger partial charge on any atom is 0.322 e. The average Bonchev–Trinajstić information content (AvgIpc) is 3.35. The molecule has 0 amide bonds. The number of benzene rings is 2. The van der Waals surface area contributed by atoms with Crippen LogP contribution in [0.1, 0.15) is 40.4 Å². The van der Waals surface area contributed by atoms with Crippen LogP contribution in [0.2, 0.25) is 0 Å².